The van der Waals surface area contributed by atoms with Crippen LogP contribution in [0.1, 0.15) is 141 Å². The number of aromatic nitrogens is 3. The van der Waals surface area contributed by atoms with Crippen molar-refractivity contribution >= 4 is 91.9 Å². The van der Waals surface area contributed by atoms with Gasteiger partial charge in [-0.15, -0.1) is 0 Å². The number of nitrogens with zero attached hydrogens (tertiary/aromatic N) is 8. The Hall–Kier alpha value is -13.7. The van der Waals surface area contributed by atoms with E-state index < -0.39 is 35.2 Å². The van der Waals surface area contributed by atoms with Crippen molar-refractivity contribution in [3.8, 4) is 56.8 Å². The van der Waals surface area contributed by atoms with Crippen LogP contribution >= 0.6 is 11.8 Å². The number of ether oxygens (including phenoxy) is 1. The summed E-state index contributed by atoms with van der Waals surface area (Å²) in [6.45, 7) is 18.5. The van der Waals surface area contributed by atoms with E-state index in [9.17, 15) is 39.3 Å². The van der Waals surface area contributed by atoms with E-state index in [2.05, 4.69) is 112 Å². The Labute approximate surface area is 680 Å². The number of likely N-dealkylation sites (N-methyl/N-ethyl adjacent to an activating group) is 2. The molecule has 22 nitrogen and oxygen atoms in total. The van der Waals surface area contributed by atoms with E-state index in [-0.39, 0.29) is 85.8 Å². The average molecular weight is 1580 g/mol. The van der Waals surface area contributed by atoms with Crippen LogP contribution in [0.25, 0.3) is 67.2 Å². The van der Waals surface area contributed by atoms with Crippen LogP contribution in [0.4, 0.5) is 22.7 Å². The minimum absolute atomic E-state index is 0.00981. The van der Waals surface area contributed by atoms with Crippen LogP contribution in [0, 0.1) is 0 Å². The molecule has 0 spiro atoms. The second-order valence-corrected chi connectivity index (χ2v) is 32.3. The number of carboxylic acid groups (broad SMARTS) is 3. The van der Waals surface area contributed by atoms with Gasteiger partial charge in [-0.25, -0.2) is 9.37 Å². The SMILES string of the molecule is CCN1c2cc3c(cc2C(C)=CC1(C)C)C(c1c(C(=O)[O-])c(-[n+]2ccc(N(C)C)cc2)c(-[n+]2ccc(N(C)C)cc2)c(Sc2ccc(C(=O)NCc4ccc(C(=O)NCc5c6oc7cc(O)ccc7c(-c7cc(C(=O)O)ccc7C(=O)[O-])c-6ccc5=O)cc4)cc2)c1-[n+]1ccc(N(C)C)cc1)=c1cc2c(cc1O3)=[N+](CC)C(C)(C)C=C2C. The molecule has 0 saturated carbocycles. The number of fused-ring (bicyclic) bond motifs is 6. The Balaban J connectivity index is 0.837. The van der Waals surface area contributed by atoms with Gasteiger partial charge in [-0.1, -0.05) is 36.0 Å². The molecular formula is C94H88N10O12S+2. The predicted molar refractivity (Wildman–Crippen MR) is 449 cm³/mol. The summed E-state index contributed by atoms with van der Waals surface area (Å²) in [6, 6.07) is 44.5. The van der Waals surface area contributed by atoms with Crippen LogP contribution in [0.5, 0.6) is 17.2 Å². The van der Waals surface area contributed by atoms with Crippen LogP contribution in [0.2, 0.25) is 0 Å². The second-order valence-electron chi connectivity index (χ2n) is 31.3. The summed E-state index contributed by atoms with van der Waals surface area (Å²) in [7, 11) is 11.8. The van der Waals surface area contributed by atoms with Crippen molar-refractivity contribution in [1.29, 1.82) is 0 Å². The monoisotopic (exact) mass is 1580 g/mol. The Morgan fingerprint density at radius 1 is 0.564 bits per heavy atom. The van der Waals surface area contributed by atoms with Crippen molar-refractivity contribution in [3.05, 3.63) is 289 Å². The maximum Gasteiger partial charge on any atom is 0.335 e. The predicted octanol–water partition coefficient (Wildman–Crippen LogP) is 10.8. The zero-order valence-electron chi connectivity index (χ0n) is 67.4. The standard InChI is InChI=1S/C94H86N10O12S/c1-15-103-73-47-77-70(45-67(73)53(3)49-93(103,5)6)80(71-46-68-54(4)50-94(7,8)104(16-2)74(68)48-78(71)115-77)81-82(92(113)114)83(100-37-31-59(32-38-100)97(9)10)85(102-41-35-61(36-42-102)99(13)14)87(84(81)101-39-33-60(34-40-101)98(11)12)117-63-25-21-57(22-26-63)88(107)95-51-55-17-19-56(20-18-55)89(108)96-52-72-75(106)30-29-66-79(65-28-24-62(105)44-76(65)116-86(66)72)69-43-58(90(109)110)23-27-64(69)91(111)112/h17-50H,15-16,51-52H2,1-14H3,(H2-4,95,96,105,106,107,108,109,110,111,112,113,114)/p+2. The lowest BCUT2D eigenvalue weighted by molar-refractivity contribution is -0.637. The topological polar surface area (TPSA) is 263 Å². The number of amides is 2. The number of allylic oxidation sites excluding steroid dienone is 2. The number of carboxylic acids is 3. The lowest BCUT2D eigenvalue weighted by atomic mass is 9.82. The number of phenols is 1. The molecule has 7 aromatic carbocycles. The minimum atomic E-state index is -1.59. The molecule has 4 N–H and O–H groups in total. The fraction of sp³-hybridized carbons (Fsp3) is 0.213. The van der Waals surface area contributed by atoms with Crippen LogP contribution in [0.15, 0.2) is 226 Å². The molecule has 590 valence electrons. The summed E-state index contributed by atoms with van der Waals surface area (Å²) >= 11 is 1.42. The maximum absolute atomic E-state index is 15.6. The highest BCUT2D eigenvalue weighted by molar-refractivity contribution is 7.99. The van der Waals surface area contributed by atoms with Gasteiger partial charge in [0.2, 0.25) is 11.0 Å². The molecule has 0 bridgehead atoms. The molecule has 117 heavy (non-hydrogen) atoms. The van der Waals surface area contributed by atoms with E-state index in [0.29, 0.717) is 89.9 Å². The van der Waals surface area contributed by atoms with Gasteiger partial charge in [-0.3, -0.25) is 14.4 Å². The lowest BCUT2D eigenvalue weighted by Gasteiger charge is -2.43. The van der Waals surface area contributed by atoms with Gasteiger partial charge in [-0.2, -0.15) is 13.7 Å². The second kappa shape index (κ2) is 30.6. The smallest absolute Gasteiger partial charge is 0.335 e. The van der Waals surface area contributed by atoms with E-state index in [0.717, 1.165) is 62.5 Å². The molecule has 15 rings (SSSR count). The molecule has 0 radical (unpaired) electrons. The molecule has 2 amide bonds. The van der Waals surface area contributed by atoms with Gasteiger partial charge in [0.1, 0.15) is 35.1 Å². The lowest BCUT2D eigenvalue weighted by Crippen LogP contribution is -2.49. The number of benzene rings is 8. The van der Waals surface area contributed by atoms with Crippen LogP contribution < -0.4 is 79.5 Å². The summed E-state index contributed by atoms with van der Waals surface area (Å²) in [6.07, 6.45) is 16.2. The van der Waals surface area contributed by atoms with E-state index >= 15 is 9.90 Å². The van der Waals surface area contributed by atoms with Gasteiger partial charge < -0.3 is 69.4 Å². The van der Waals surface area contributed by atoms with E-state index in [1.54, 1.807) is 36.4 Å². The first-order valence-corrected chi connectivity index (χ1v) is 39.3. The molecule has 0 fully saturated rings. The molecule has 3 aromatic heterocycles. The molecule has 4 aliphatic heterocycles. The number of carbonyl (C=O) groups is 5. The van der Waals surface area contributed by atoms with Crippen molar-refractivity contribution in [2.45, 2.75) is 89.3 Å². The number of hydrogen-bond acceptors (Lipinski definition) is 16. The van der Waals surface area contributed by atoms with E-state index in [1.165, 1.54) is 48.2 Å². The molecule has 23 heteroatoms. The molecule has 1 aliphatic carbocycles. The van der Waals surface area contributed by atoms with Crippen LogP contribution in [-0.2, 0) is 13.1 Å². The Kier molecular flexibility index (Phi) is 20.6. The van der Waals surface area contributed by atoms with Crippen molar-refractivity contribution < 1.29 is 67.3 Å². The molecule has 7 heterocycles. The van der Waals surface area contributed by atoms with Crippen molar-refractivity contribution in [3.63, 3.8) is 0 Å². The summed E-state index contributed by atoms with van der Waals surface area (Å²) in [4.78, 5) is 92.3. The van der Waals surface area contributed by atoms with Gasteiger partial charge in [0, 0.05) is 206 Å². The molecule has 0 atom stereocenters. The number of phenolic OH excluding ortho intramolecular Hbond substituents is 1. The fourth-order valence-corrected chi connectivity index (χ4v) is 17.8. The number of anilines is 4. The van der Waals surface area contributed by atoms with Gasteiger partial charge in [0.15, 0.2) is 53.0 Å². The number of aromatic carboxylic acids is 3. The quantitative estimate of drug-likeness (QED) is 0.0385. The number of aromatic hydroxyl groups is 1. The number of hydrogen-bond donors (Lipinski definition) is 4. The highest BCUT2D eigenvalue weighted by atomic mass is 32.2. The number of rotatable bonds is 21. The molecule has 10 aromatic rings. The summed E-state index contributed by atoms with van der Waals surface area (Å²) in [5, 5.41) is 56.5. The summed E-state index contributed by atoms with van der Waals surface area (Å²) < 4.78 is 21.9. The average Bonchev–Trinajstić information content (AvgIpc) is 0.701. The Bertz CT molecular complexity index is 6390. The zero-order chi connectivity index (χ0) is 83.1. The number of pyridine rings is 3. The summed E-state index contributed by atoms with van der Waals surface area (Å²) in [5.41, 5.74) is 10.5. The Morgan fingerprint density at radius 3 is 1.71 bits per heavy atom. The number of carbonyl (C=O) groups excluding carboxylic acids is 4. The highest BCUT2D eigenvalue weighted by Gasteiger charge is 2.45. The highest BCUT2D eigenvalue weighted by Crippen LogP contribution is 2.51. The zero-order valence-corrected chi connectivity index (χ0v) is 68.2. The largest absolute Gasteiger partial charge is 0.545 e. The fourth-order valence-electron chi connectivity index (χ4n) is 16.6. The maximum atomic E-state index is 15.6. The van der Waals surface area contributed by atoms with Gasteiger partial charge in [-0.05, 0) is 155 Å². The summed E-state index contributed by atoms with van der Waals surface area (Å²) in [5.74, 6) is -4.44. The third-order valence-corrected chi connectivity index (χ3v) is 23.4. The third-order valence-electron chi connectivity index (χ3n) is 22.3. The first-order chi connectivity index (χ1) is 55.8. The van der Waals surface area contributed by atoms with E-state index in [4.69, 9.17) is 9.15 Å². The van der Waals surface area contributed by atoms with Crippen LogP contribution in [-0.4, -0.2) is 106 Å². The minimum Gasteiger partial charge on any atom is -0.545 e. The van der Waals surface area contributed by atoms with Crippen LogP contribution in [0.3, 0.4) is 0 Å². The molecule has 0 saturated heterocycles. The van der Waals surface area contributed by atoms with Gasteiger partial charge in [0.05, 0.1) is 52.3 Å². The van der Waals surface area contributed by atoms with Crippen molar-refractivity contribution in [1.82, 2.24) is 15.2 Å². The molecule has 5 aliphatic rings. The molecular weight excluding hydrogens is 1490 g/mol. The normalized spacial score (nSPS) is 13.6. The first kappa shape index (κ1) is 78.6. The van der Waals surface area contributed by atoms with Gasteiger partial charge in [0.25, 0.3) is 17.5 Å². The first-order valence-electron chi connectivity index (χ1n) is 38.5. The third kappa shape index (κ3) is 14.4. The Morgan fingerprint density at radius 2 is 1.14 bits per heavy atom. The van der Waals surface area contributed by atoms with E-state index in [1.807, 2.05) is 156 Å². The molecule has 0 unspecified atom stereocenters. The van der Waals surface area contributed by atoms with Crippen molar-refractivity contribution in [2.24, 2.45) is 0 Å². The van der Waals surface area contributed by atoms with Gasteiger partial charge >= 0.3 is 11.7 Å². The van der Waals surface area contributed by atoms with Crippen molar-refractivity contribution in [2.75, 3.05) is 75.0 Å². The number of nitrogens with one attached hydrogen (secondary N) is 2.